The normalized spacial score (nSPS) is 17.2. The number of sulfonamides is 1. The van der Waals surface area contributed by atoms with E-state index in [2.05, 4.69) is 20.7 Å². The van der Waals surface area contributed by atoms with Gasteiger partial charge in [-0.05, 0) is 31.4 Å². The van der Waals surface area contributed by atoms with Crippen LogP contribution in [-0.2, 0) is 10.0 Å². The molecule has 1 aliphatic rings. The zero-order valence-corrected chi connectivity index (χ0v) is 14.3. The van der Waals surface area contributed by atoms with Crippen molar-refractivity contribution >= 4 is 36.7 Å². The fourth-order valence-corrected chi connectivity index (χ4v) is 5.18. The number of para-hydroxylation sites is 1. The minimum atomic E-state index is -3.12. The molecule has 0 spiro atoms. The highest BCUT2D eigenvalue weighted by Gasteiger charge is 2.24. The topological polar surface area (TPSA) is 62.3 Å². The van der Waals surface area contributed by atoms with Crippen LogP contribution in [0, 0.1) is 0 Å². The first-order valence-electron chi connectivity index (χ1n) is 7.68. The first-order valence-corrected chi connectivity index (χ1v) is 10.1. The van der Waals surface area contributed by atoms with Crippen LogP contribution in [-0.4, -0.2) is 38.3 Å². The van der Waals surface area contributed by atoms with Crippen LogP contribution < -0.4 is 9.62 Å². The smallest absolute Gasteiger partial charge is 0.211 e. The van der Waals surface area contributed by atoms with Gasteiger partial charge in [0.2, 0.25) is 10.0 Å². The average Bonchev–Trinajstić information content (AvgIpc) is 2.91. The molecule has 0 aliphatic carbocycles. The van der Waals surface area contributed by atoms with Gasteiger partial charge in [-0.25, -0.2) is 18.1 Å². The molecule has 22 heavy (non-hydrogen) atoms. The zero-order valence-electron chi connectivity index (χ0n) is 12.7. The molecule has 0 unspecified atom stereocenters. The SMILES string of the molecule is CCCS(=O)(=O)NC1CCN(c2nc3ccccc3s2)CC1. The number of fused-ring (bicyclic) bond motifs is 1. The number of benzene rings is 1. The van der Waals surface area contributed by atoms with Crippen LogP contribution in [0.1, 0.15) is 26.2 Å². The summed E-state index contributed by atoms with van der Waals surface area (Å²) < 4.78 is 27.7. The van der Waals surface area contributed by atoms with E-state index < -0.39 is 10.0 Å². The van der Waals surface area contributed by atoms with E-state index in [-0.39, 0.29) is 11.8 Å². The largest absolute Gasteiger partial charge is 0.348 e. The number of anilines is 1. The molecule has 120 valence electrons. The van der Waals surface area contributed by atoms with E-state index in [4.69, 9.17) is 0 Å². The van der Waals surface area contributed by atoms with Gasteiger partial charge in [-0.15, -0.1) is 0 Å². The molecule has 0 bridgehead atoms. The second-order valence-electron chi connectivity index (χ2n) is 5.66. The fraction of sp³-hybridized carbons (Fsp3) is 0.533. The van der Waals surface area contributed by atoms with Gasteiger partial charge < -0.3 is 4.90 Å². The number of nitrogens with zero attached hydrogens (tertiary/aromatic N) is 2. The van der Waals surface area contributed by atoms with Crippen LogP contribution in [0.4, 0.5) is 5.13 Å². The fourth-order valence-electron chi connectivity index (χ4n) is 2.77. The molecule has 1 aromatic heterocycles. The van der Waals surface area contributed by atoms with Gasteiger partial charge in [-0.1, -0.05) is 30.4 Å². The van der Waals surface area contributed by atoms with Gasteiger partial charge in [0.1, 0.15) is 0 Å². The highest BCUT2D eigenvalue weighted by molar-refractivity contribution is 7.89. The summed E-state index contributed by atoms with van der Waals surface area (Å²) in [5.41, 5.74) is 1.04. The molecule has 1 saturated heterocycles. The second-order valence-corrected chi connectivity index (χ2v) is 8.54. The van der Waals surface area contributed by atoms with Crippen molar-refractivity contribution in [2.24, 2.45) is 0 Å². The number of hydrogen-bond acceptors (Lipinski definition) is 5. The van der Waals surface area contributed by atoms with E-state index in [1.54, 1.807) is 11.3 Å². The van der Waals surface area contributed by atoms with Crippen LogP contribution >= 0.6 is 11.3 Å². The van der Waals surface area contributed by atoms with Crippen molar-refractivity contribution in [3.8, 4) is 0 Å². The van der Waals surface area contributed by atoms with Crippen molar-refractivity contribution in [2.45, 2.75) is 32.2 Å². The Kier molecular flexibility index (Phi) is 4.65. The molecule has 7 heteroatoms. The lowest BCUT2D eigenvalue weighted by molar-refractivity contribution is 0.459. The highest BCUT2D eigenvalue weighted by atomic mass is 32.2. The van der Waals surface area contributed by atoms with Gasteiger partial charge in [0, 0.05) is 19.1 Å². The van der Waals surface area contributed by atoms with Gasteiger partial charge >= 0.3 is 0 Å². The van der Waals surface area contributed by atoms with Gasteiger partial charge in [-0.2, -0.15) is 0 Å². The van der Waals surface area contributed by atoms with Gasteiger partial charge in [0.15, 0.2) is 5.13 Å². The number of aromatic nitrogens is 1. The number of nitrogens with one attached hydrogen (secondary N) is 1. The Morgan fingerprint density at radius 3 is 2.73 bits per heavy atom. The molecule has 0 atom stereocenters. The maximum atomic E-state index is 11.8. The van der Waals surface area contributed by atoms with Crippen molar-refractivity contribution in [1.82, 2.24) is 9.71 Å². The summed E-state index contributed by atoms with van der Waals surface area (Å²) in [4.78, 5) is 6.93. The molecule has 2 aromatic rings. The van der Waals surface area contributed by atoms with Gasteiger partial charge in [0.05, 0.1) is 16.0 Å². The van der Waals surface area contributed by atoms with Crippen molar-refractivity contribution in [1.29, 1.82) is 0 Å². The molecule has 1 aromatic carbocycles. The van der Waals surface area contributed by atoms with Crippen LogP contribution in [0.2, 0.25) is 0 Å². The summed E-state index contributed by atoms with van der Waals surface area (Å²) in [5.74, 6) is 0.213. The lowest BCUT2D eigenvalue weighted by atomic mass is 10.1. The molecule has 0 radical (unpaired) electrons. The standard InChI is InChI=1S/C15H21N3O2S2/c1-2-11-22(19,20)17-12-7-9-18(10-8-12)15-16-13-5-3-4-6-14(13)21-15/h3-6,12,17H,2,7-11H2,1H3. The summed E-state index contributed by atoms with van der Waals surface area (Å²) >= 11 is 1.70. The third-order valence-electron chi connectivity index (χ3n) is 3.87. The Morgan fingerprint density at radius 1 is 1.32 bits per heavy atom. The van der Waals surface area contributed by atoms with Crippen molar-refractivity contribution in [3.63, 3.8) is 0 Å². The minimum Gasteiger partial charge on any atom is -0.348 e. The summed E-state index contributed by atoms with van der Waals surface area (Å²) in [7, 11) is -3.12. The first kappa shape index (κ1) is 15.7. The predicted molar refractivity (Wildman–Crippen MR) is 92.1 cm³/mol. The maximum absolute atomic E-state index is 11.8. The minimum absolute atomic E-state index is 0.0576. The molecule has 3 rings (SSSR count). The van der Waals surface area contributed by atoms with E-state index in [1.807, 2.05) is 25.1 Å². The zero-order chi connectivity index (χ0) is 15.6. The van der Waals surface area contributed by atoms with Crippen LogP contribution in [0.5, 0.6) is 0 Å². The third-order valence-corrected chi connectivity index (χ3v) is 6.60. The molecule has 0 amide bonds. The molecule has 5 nitrogen and oxygen atoms in total. The second kappa shape index (κ2) is 6.52. The van der Waals surface area contributed by atoms with Crippen LogP contribution in [0.25, 0.3) is 10.2 Å². The Balaban J connectivity index is 1.62. The van der Waals surface area contributed by atoms with Crippen LogP contribution in [0.3, 0.4) is 0 Å². The Hall–Kier alpha value is -1.18. The molecule has 1 fully saturated rings. The monoisotopic (exact) mass is 339 g/mol. The van der Waals surface area contributed by atoms with E-state index in [0.717, 1.165) is 36.6 Å². The lowest BCUT2D eigenvalue weighted by Gasteiger charge is -2.31. The van der Waals surface area contributed by atoms with E-state index >= 15 is 0 Å². The van der Waals surface area contributed by atoms with Crippen molar-refractivity contribution in [2.75, 3.05) is 23.7 Å². The van der Waals surface area contributed by atoms with Crippen molar-refractivity contribution in [3.05, 3.63) is 24.3 Å². The molecule has 1 aliphatic heterocycles. The molecule has 0 saturated carbocycles. The van der Waals surface area contributed by atoms with Crippen molar-refractivity contribution < 1.29 is 8.42 Å². The molecular weight excluding hydrogens is 318 g/mol. The van der Waals surface area contributed by atoms with E-state index in [1.165, 1.54) is 4.70 Å². The third kappa shape index (κ3) is 3.59. The average molecular weight is 339 g/mol. The number of thiazole rings is 1. The summed E-state index contributed by atoms with van der Waals surface area (Å²) in [6.07, 6.45) is 2.32. The summed E-state index contributed by atoms with van der Waals surface area (Å²) in [6, 6.07) is 8.20. The number of piperidine rings is 1. The summed E-state index contributed by atoms with van der Waals surface area (Å²) in [5, 5.41) is 1.04. The Morgan fingerprint density at radius 2 is 2.05 bits per heavy atom. The molecular formula is C15H21N3O2S2. The predicted octanol–water partition coefficient (Wildman–Crippen LogP) is 2.59. The number of hydrogen-bond donors (Lipinski definition) is 1. The quantitative estimate of drug-likeness (QED) is 0.909. The first-order chi connectivity index (χ1) is 10.6. The van der Waals surface area contributed by atoms with E-state index in [9.17, 15) is 8.42 Å². The number of rotatable bonds is 5. The Bertz CT molecular complexity index is 701. The molecule has 2 heterocycles. The van der Waals surface area contributed by atoms with Crippen LogP contribution in [0.15, 0.2) is 24.3 Å². The summed E-state index contributed by atoms with van der Waals surface area (Å²) in [6.45, 7) is 3.58. The Labute approximate surface area is 135 Å². The van der Waals surface area contributed by atoms with E-state index in [0.29, 0.717) is 6.42 Å². The maximum Gasteiger partial charge on any atom is 0.211 e. The highest BCUT2D eigenvalue weighted by Crippen LogP contribution is 2.30. The molecule has 1 N–H and O–H groups in total. The van der Waals surface area contributed by atoms with Gasteiger partial charge in [-0.3, -0.25) is 0 Å². The van der Waals surface area contributed by atoms with Gasteiger partial charge in [0.25, 0.3) is 0 Å². The lowest BCUT2D eigenvalue weighted by Crippen LogP contribution is -2.45.